The number of hydrogen-bond acceptors (Lipinski definition) is 5. The normalized spacial score (nSPS) is 10.8. The lowest BCUT2D eigenvalue weighted by Crippen LogP contribution is -2.06. The van der Waals surface area contributed by atoms with Crippen LogP contribution in [0.2, 0.25) is 0 Å². The van der Waals surface area contributed by atoms with Crippen molar-refractivity contribution in [2.45, 2.75) is 26.8 Å². The summed E-state index contributed by atoms with van der Waals surface area (Å²) in [4.78, 5) is 19.2. The molecule has 7 heteroatoms. The van der Waals surface area contributed by atoms with Crippen LogP contribution in [0.3, 0.4) is 0 Å². The Labute approximate surface area is 116 Å². The lowest BCUT2D eigenvalue weighted by molar-refractivity contribution is -0.386. The van der Waals surface area contributed by atoms with Crippen molar-refractivity contribution in [1.29, 1.82) is 0 Å². The van der Waals surface area contributed by atoms with E-state index in [9.17, 15) is 10.1 Å². The fourth-order valence-electron chi connectivity index (χ4n) is 2.15. The van der Waals surface area contributed by atoms with Gasteiger partial charge in [-0.3, -0.25) is 15.1 Å². The lowest BCUT2D eigenvalue weighted by atomic mass is 10.1. The summed E-state index contributed by atoms with van der Waals surface area (Å²) in [5.74, 6) is 0. The SMILES string of the molecule is Cc1cnc(Cn2cnc(CCN)c2)c(C)c1[N+](=O)[O-]. The summed E-state index contributed by atoms with van der Waals surface area (Å²) >= 11 is 0. The van der Waals surface area contributed by atoms with Crippen molar-refractivity contribution in [3.63, 3.8) is 0 Å². The molecule has 0 aliphatic carbocycles. The van der Waals surface area contributed by atoms with Gasteiger partial charge in [-0.25, -0.2) is 4.98 Å². The Balaban J connectivity index is 2.29. The van der Waals surface area contributed by atoms with Crippen LogP contribution >= 0.6 is 0 Å². The maximum Gasteiger partial charge on any atom is 0.278 e. The van der Waals surface area contributed by atoms with Gasteiger partial charge in [0.05, 0.1) is 34.7 Å². The van der Waals surface area contributed by atoms with Gasteiger partial charge in [0.2, 0.25) is 0 Å². The first-order valence-corrected chi connectivity index (χ1v) is 6.33. The van der Waals surface area contributed by atoms with Crippen LogP contribution in [-0.4, -0.2) is 26.0 Å². The third kappa shape index (κ3) is 2.83. The number of nitrogens with two attached hydrogens (primary N) is 1. The predicted molar refractivity (Wildman–Crippen MR) is 74.5 cm³/mol. The van der Waals surface area contributed by atoms with Gasteiger partial charge < -0.3 is 10.3 Å². The average molecular weight is 275 g/mol. The third-order valence-electron chi connectivity index (χ3n) is 3.18. The highest BCUT2D eigenvalue weighted by Crippen LogP contribution is 2.24. The predicted octanol–water partition coefficient (Wildman–Crippen LogP) is 1.35. The van der Waals surface area contributed by atoms with E-state index in [1.807, 2.05) is 10.8 Å². The molecule has 0 amide bonds. The second-order valence-electron chi connectivity index (χ2n) is 4.69. The smallest absolute Gasteiger partial charge is 0.278 e. The van der Waals surface area contributed by atoms with Crippen LogP contribution in [0.4, 0.5) is 5.69 Å². The number of aromatic nitrogens is 3. The molecule has 0 fully saturated rings. The summed E-state index contributed by atoms with van der Waals surface area (Å²) in [5.41, 5.74) is 8.38. The van der Waals surface area contributed by atoms with E-state index in [1.54, 1.807) is 20.2 Å². The summed E-state index contributed by atoms with van der Waals surface area (Å²) in [5, 5.41) is 11.1. The van der Waals surface area contributed by atoms with Crippen molar-refractivity contribution >= 4 is 5.69 Å². The number of hydrogen-bond donors (Lipinski definition) is 1. The molecule has 0 aliphatic rings. The van der Waals surface area contributed by atoms with Gasteiger partial charge in [0, 0.05) is 24.4 Å². The van der Waals surface area contributed by atoms with Crippen LogP contribution in [0.5, 0.6) is 0 Å². The van der Waals surface area contributed by atoms with Gasteiger partial charge in [-0.1, -0.05) is 0 Å². The Morgan fingerprint density at radius 3 is 2.80 bits per heavy atom. The molecule has 7 nitrogen and oxygen atoms in total. The molecule has 2 aromatic rings. The largest absolute Gasteiger partial charge is 0.331 e. The molecule has 0 atom stereocenters. The minimum Gasteiger partial charge on any atom is -0.331 e. The summed E-state index contributed by atoms with van der Waals surface area (Å²) in [6.45, 7) is 4.43. The number of nitrogens with zero attached hydrogens (tertiary/aromatic N) is 4. The van der Waals surface area contributed by atoms with E-state index in [0.717, 1.165) is 5.69 Å². The Bertz CT molecular complexity index is 636. The second-order valence-corrected chi connectivity index (χ2v) is 4.69. The first-order valence-electron chi connectivity index (χ1n) is 6.33. The maximum absolute atomic E-state index is 11.1. The highest BCUT2D eigenvalue weighted by molar-refractivity contribution is 5.47. The molecule has 0 radical (unpaired) electrons. The van der Waals surface area contributed by atoms with Crippen LogP contribution in [0, 0.1) is 24.0 Å². The topological polar surface area (TPSA) is 99.9 Å². The molecular formula is C13H17N5O2. The van der Waals surface area contributed by atoms with Gasteiger partial charge in [-0.15, -0.1) is 0 Å². The molecule has 2 heterocycles. The summed E-state index contributed by atoms with van der Waals surface area (Å²) < 4.78 is 1.86. The van der Waals surface area contributed by atoms with Crippen LogP contribution in [-0.2, 0) is 13.0 Å². The summed E-state index contributed by atoms with van der Waals surface area (Å²) in [6, 6.07) is 0. The molecule has 0 saturated carbocycles. The Kier molecular flexibility index (Phi) is 4.09. The number of pyridine rings is 1. The van der Waals surface area contributed by atoms with Gasteiger partial charge in [0.15, 0.2) is 0 Å². The van der Waals surface area contributed by atoms with Gasteiger partial charge in [-0.2, -0.15) is 0 Å². The summed E-state index contributed by atoms with van der Waals surface area (Å²) in [7, 11) is 0. The van der Waals surface area contributed by atoms with Gasteiger partial charge in [0.1, 0.15) is 0 Å². The van der Waals surface area contributed by atoms with Crippen molar-refractivity contribution in [2.75, 3.05) is 6.54 Å². The van der Waals surface area contributed by atoms with Gasteiger partial charge in [-0.05, 0) is 20.4 Å². The maximum atomic E-state index is 11.1. The molecule has 0 aliphatic heterocycles. The first-order chi connectivity index (χ1) is 9.52. The molecule has 0 aromatic carbocycles. The Hall–Kier alpha value is -2.28. The molecular weight excluding hydrogens is 258 g/mol. The molecule has 2 N–H and O–H groups in total. The van der Waals surface area contributed by atoms with Crippen LogP contribution < -0.4 is 5.73 Å². The zero-order valence-electron chi connectivity index (χ0n) is 11.5. The molecule has 0 bridgehead atoms. The van der Waals surface area contributed by atoms with Crippen molar-refractivity contribution < 1.29 is 4.92 Å². The fraction of sp³-hybridized carbons (Fsp3) is 0.385. The summed E-state index contributed by atoms with van der Waals surface area (Å²) in [6.07, 6.45) is 5.84. The average Bonchev–Trinajstić information content (AvgIpc) is 2.81. The number of nitro groups is 1. The Morgan fingerprint density at radius 2 is 2.15 bits per heavy atom. The number of imidazole rings is 1. The number of aryl methyl sites for hydroxylation is 1. The standard InChI is InChI=1S/C13H17N5O2/c1-9-5-15-12(10(2)13(9)18(19)20)7-17-6-11(3-4-14)16-8-17/h5-6,8H,3-4,7,14H2,1-2H3. The zero-order valence-corrected chi connectivity index (χ0v) is 11.5. The van der Waals surface area contributed by atoms with E-state index >= 15 is 0 Å². The fourth-order valence-corrected chi connectivity index (χ4v) is 2.15. The molecule has 0 spiro atoms. The lowest BCUT2D eigenvalue weighted by Gasteiger charge is -2.07. The molecule has 106 valence electrons. The molecule has 2 rings (SSSR count). The first kappa shape index (κ1) is 14.1. The highest BCUT2D eigenvalue weighted by Gasteiger charge is 2.18. The Morgan fingerprint density at radius 1 is 1.40 bits per heavy atom. The minimum absolute atomic E-state index is 0.136. The third-order valence-corrected chi connectivity index (χ3v) is 3.18. The molecule has 2 aromatic heterocycles. The van der Waals surface area contributed by atoms with E-state index < -0.39 is 0 Å². The molecule has 0 unspecified atom stereocenters. The van der Waals surface area contributed by atoms with Crippen molar-refractivity contribution in [2.24, 2.45) is 5.73 Å². The van der Waals surface area contributed by atoms with Crippen molar-refractivity contribution in [1.82, 2.24) is 14.5 Å². The molecule has 20 heavy (non-hydrogen) atoms. The number of rotatable bonds is 5. The van der Waals surface area contributed by atoms with E-state index in [0.29, 0.717) is 36.3 Å². The monoisotopic (exact) mass is 275 g/mol. The second kappa shape index (κ2) is 5.79. The van der Waals surface area contributed by atoms with Crippen LogP contribution in [0.25, 0.3) is 0 Å². The van der Waals surface area contributed by atoms with Crippen molar-refractivity contribution in [3.05, 3.63) is 51.4 Å². The highest BCUT2D eigenvalue weighted by atomic mass is 16.6. The van der Waals surface area contributed by atoms with Crippen LogP contribution in [0.15, 0.2) is 18.7 Å². The van der Waals surface area contributed by atoms with E-state index in [2.05, 4.69) is 9.97 Å². The van der Waals surface area contributed by atoms with E-state index in [1.165, 1.54) is 6.20 Å². The van der Waals surface area contributed by atoms with E-state index in [4.69, 9.17) is 5.73 Å². The van der Waals surface area contributed by atoms with E-state index in [-0.39, 0.29) is 10.6 Å². The quantitative estimate of drug-likeness (QED) is 0.655. The minimum atomic E-state index is -0.358. The zero-order chi connectivity index (χ0) is 14.7. The van der Waals surface area contributed by atoms with Gasteiger partial charge in [0.25, 0.3) is 5.69 Å². The van der Waals surface area contributed by atoms with Gasteiger partial charge >= 0.3 is 0 Å². The van der Waals surface area contributed by atoms with Crippen LogP contribution in [0.1, 0.15) is 22.5 Å². The molecule has 0 saturated heterocycles. The van der Waals surface area contributed by atoms with Crippen molar-refractivity contribution in [3.8, 4) is 0 Å².